The summed E-state index contributed by atoms with van der Waals surface area (Å²) in [6.07, 6.45) is -5.34. The zero-order valence-electron chi connectivity index (χ0n) is 9.96. The van der Waals surface area contributed by atoms with E-state index in [2.05, 4.69) is 4.74 Å². The number of benzene rings is 1. The van der Waals surface area contributed by atoms with Crippen molar-refractivity contribution in [1.29, 1.82) is 0 Å². The molecule has 1 N–H and O–H groups in total. The highest BCUT2D eigenvalue weighted by Gasteiger charge is 2.39. The van der Waals surface area contributed by atoms with E-state index in [-0.39, 0.29) is 0 Å². The zero-order valence-corrected chi connectivity index (χ0v) is 9.96. The zero-order chi connectivity index (χ0) is 17.2. The number of hydrogen-bond donors (Lipinski definition) is 1. The van der Waals surface area contributed by atoms with E-state index in [4.69, 9.17) is 0 Å². The molecule has 0 saturated heterocycles. The van der Waals surface area contributed by atoms with Gasteiger partial charge in [-0.2, -0.15) is 22.0 Å². The van der Waals surface area contributed by atoms with Gasteiger partial charge in [0.1, 0.15) is 6.54 Å². The van der Waals surface area contributed by atoms with Crippen molar-refractivity contribution in [3.8, 4) is 5.75 Å². The molecule has 4 nitrogen and oxygen atoms in total. The average Bonchev–Trinajstić information content (AvgIpc) is 2.44. The van der Waals surface area contributed by atoms with Gasteiger partial charge in [0.05, 0.1) is 0 Å². The number of alkyl halides is 3. The van der Waals surface area contributed by atoms with Crippen molar-refractivity contribution in [3.05, 3.63) is 29.1 Å². The molecule has 1 aromatic rings. The molecule has 0 aliphatic rings. The molecule has 0 aliphatic heterocycles. The summed E-state index contributed by atoms with van der Waals surface area (Å²) in [4.78, 5) is 21.3. The van der Waals surface area contributed by atoms with Crippen LogP contribution >= 0.6 is 0 Å². The quantitative estimate of drug-likeness (QED) is 0.302. The summed E-state index contributed by atoms with van der Waals surface area (Å²) in [6.45, 7) is -1.52. The number of carbonyl (C=O) groups excluding carboxylic acids is 2. The molecule has 0 saturated carbocycles. The predicted octanol–water partition coefficient (Wildman–Crippen LogP) is 1.97. The normalized spacial score (nSPS) is 11.3. The van der Waals surface area contributed by atoms with Crippen LogP contribution in [-0.4, -0.2) is 24.6 Å². The van der Waals surface area contributed by atoms with E-state index in [1.54, 1.807) is 0 Å². The number of halogens is 8. The molecule has 0 radical (unpaired) electrons. The van der Waals surface area contributed by atoms with Gasteiger partial charge in [-0.1, -0.05) is 0 Å². The molecule has 1 amide bonds. The first-order valence-corrected chi connectivity index (χ1v) is 5.04. The van der Waals surface area contributed by atoms with E-state index in [1.165, 1.54) is 0 Å². The van der Waals surface area contributed by atoms with E-state index in [9.17, 15) is 44.7 Å². The summed E-state index contributed by atoms with van der Waals surface area (Å²) in [5.41, 5.74) is 0. The van der Waals surface area contributed by atoms with E-state index >= 15 is 0 Å². The summed E-state index contributed by atoms with van der Waals surface area (Å²) in [5, 5.41) is 0.977. The second-order valence-corrected chi connectivity index (χ2v) is 3.55. The average molecular weight is 337 g/mol. The van der Waals surface area contributed by atoms with Crippen molar-refractivity contribution in [3.63, 3.8) is 0 Å². The van der Waals surface area contributed by atoms with Gasteiger partial charge in [-0.3, -0.25) is 4.79 Å². The molecule has 0 aromatic heterocycles. The van der Waals surface area contributed by atoms with Crippen molar-refractivity contribution >= 4 is 11.9 Å². The molecule has 1 rings (SSSR count). The first kappa shape index (κ1) is 17.7. The van der Waals surface area contributed by atoms with Crippen LogP contribution in [0, 0.1) is 29.1 Å². The Bertz CT molecular complexity index is 599. The summed E-state index contributed by atoms with van der Waals surface area (Å²) < 4.78 is 103. The minimum Gasteiger partial charge on any atom is -0.419 e. The minimum atomic E-state index is -5.34. The molecule has 0 fully saturated rings. The summed E-state index contributed by atoms with van der Waals surface area (Å²) in [5.74, 6) is -18.8. The number of rotatable bonds is 3. The highest BCUT2D eigenvalue weighted by Crippen LogP contribution is 2.29. The second-order valence-electron chi connectivity index (χ2n) is 3.55. The van der Waals surface area contributed by atoms with Gasteiger partial charge in [0, 0.05) is 0 Å². The van der Waals surface area contributed by atoms with Crippen molar-refractivity contribution in [2.24, 2.45) is 0 Å². The summed E-state index contributed by atoms with van der Waals surface area (Å²) in [6, 6.07) is 0. The van der Waals surface area contributed by atoms with Gasteiger partial charge in [-0.15, -0.1) is 0 Å². The Morgan fingerprint density at radius 2 is 1.27 bits per heavy atom. The first-order chi connectivity index (χ1) is 9.96. The van der Waals surface area contributed by atoms with E-state index in [0.717, 1.165) is 5.32 Å². The summed E-state index contributed by atoms with van der Waals surface area (Å²) in [7, 11) is 0. The maximum atomic E-state index is 13.1. The van der Waals surface area contributed by atoms with Crippen molar-refractivity contribution < 1.29 is 49.4 Å². The molecule has 1 aromatic carbocycles. The van der Waals surface area contributed by atoms with Crippen molar-refractivity contribution in [2.75, 3.05) is 6.54 Å². The van der Waals surface area contributed by atoms with Crippen LogP contribution in [0.2, 0.25) is 0 Å². The van der Waals surface area contributed by atoms with Crippen LogP contribution in [0.15, 0.2) is 0 Å². The van der Waals surface area contributed by atoms with Gasteiger partial charge >= 0.3 is 18.1 Å². The Hall–Kier alpha value is -2.40. The third-order valence-electron chi connectivity index (χ3n) is 2.04. The topological polar surface area (TPSA) is 55.4 Å². The monoisotopic (exact) mass is 337 g/mol. The van der Waals surface area contributed by atoms with Crippen LogP contribution in [0.4, 0.5) is 35.1 Å². The fraction of sp³-hybridized carbons (Fsp3) is 0.200. The van der Waals surface area contributed by atoms with E-state index in [1.807, 2.05) is 0 Å². The molecule has 0 heterocycles. The molecule has 0 atom stereocenters. The first-order valence-electron chi connectivity index (χ1n) is 5.04. The Kier molecular flexibility index (Phi) is 4.94. The number of nitrogens with one attached hydrogen (secondary N) is 1. The highest BCUT2D eigenvalue weighted by molar-refractivity contribution is 5.86. The number of hydrogen-bond acceptors (Lipinski definition) is 3. The fourth-order valence-electron chi connectivity index (χ4n) is 1.08. The maximum Gasteiger partial charge on any atom is 0.471 e. The van der Waals surface area contributed by atoms with Crippen LogP contribution in [0.25, 0.3) is 0 Å². The molecule has 22 heavy (non-hydrogen) atoms. The van der Waals surface area contributed by atoms with Crippen LogP contribution < -0.4 is 10.1 Å². The Balaban J connectivity index is 2.88. The molecule has 0 unspecified atom stereocenters. The molecular formula is C10H3F8NO3. The lowest BCUT2D eigenvalue weighted by Crippen LogP contribution is -2.40. The van der Waals surface area contributed by atoms with Crippen LogP contribution in [0.3, 0.4) is 0 Å². The van der Waals surface area contributed by atoms with Gasteiger partial charge in [-0.05, 0) is 0 Å². The van der Waals surface area contributed by atoms with Crippen LogP contribution in [0.1, 0.15) is 0 Å². The van der Waals surface area contributed by atoms with Gasteiger partial charge in [0.15, 0.2) is 0 Å². The van der Waals surface area contributed by atoms with E-state index in [0.29, 0.717) is 0 Å². The molecule has 0 bridgehead atoms. The van der Waals surface area contributed by atoms with Gasteiger partial charge in [0.2, 0.25) is 34.8 Å². The lowest BCUT2D eigenvalue weighted by Gasteiger charge is -2.10. The Morgan fingerprint density at radius 3 is 1.68 bits per heavy atom. The lowest BCUT2D eigenvalue weighted by atomic mass is 10.2. The largest absolute Gasteiger partial charge is 0.471 e. The van der Waals surface area contributed by atoms with Gasteiger partial charge in [-0.25, -0.2) is 18.0 Å². The molecule has 0 spiro atoms. The second kappa shape index (κ2) is 6.15. The number of amides is 1. The fourth-order valence-corrected chi connectivity index (χ4v) is 1.08. The standard InChI is InChI=1S/C10H3F8NO3/c11-3-4(12)6(14)8(7(15)5(3)13)22-2(20)1-19-9(21)10(16,17)18/h1H2,(H,19,21). The number of carbonyl (C=O) groups is 2. The molecule has 122 valence electrons. The van der Waals surface area contributed by atoms with Crippen LogP contribution in [0.5, 0.6) is 5.75 Å². The number of esters is 1. The minimum absolute atomic E-state index is 0.977. The molecular weight excluding hydrogens is 334 g/mol. The van der Waals surface area contributed by atoms with Gasteiger partial charge in [0.25, 0.3) is 0 Å². The van der Waals surface area contributed by atoms with Crippen molar-refractivity contribution in [1.82, 2.24) is 5.32 Å². The lowest BCUT2D eigenvalue weighted by molar-refractivity contribution is -0.174. The Morgan fingerprint density at radius 1 is 0.864 bits per heavy atom. The molecule has 12 heteroatoms. The number of ether oxygens (including phenoxy) is 1. The SMILES string of the molecule is O=C(CNC(=O)C(F)(F)F)Oc1c(F)c(F)c(F)c(F)c1F. The maximum absolute atomic E-state index is 13.1. The highest BCUT2D eigenvalue weighted by atomic mass is 19.4. The third kappa shape index (κ3) is 3.62. The van der Waals surface area contributed by atoms with Crippen molar-refractivity contribution in [2.45, 2.75) is 6.18 Å². The predicted molar refractivity (Wildman–Crippen MR) is 50.9 cm³/mol. The van der Waals surface area contributed by atoms with Crippen LogP contribution in [-0.2, 0) is 9.59 Å². The molecule has 0 aliphatic carbocycles. The Labute approximate surface area is 115 Å². The summed E-state index contributed by atoms with van der Waals surface area (Å²) >= 11 is 0. The van der Waals surface area contributed by atoms with E-state index < -0.39 is 59.4 Å². The third-order valence-corrected chi connectivity index (χ3v) is 2.04. The smallest absolute Gasteiger partial charge is 0.419 e. The van der Waals surface area contributed by atoms with Gasteiger partial charge < -0.3 is 10.1 Å².